The molecular weight excluding hydrogens is 347 g/mol. The quantitative estimate of drug-likeness (QED) is 0.598. The number of rotatable bonds is 2. The van der Waals surface area contributed by atoms with Crippen molar-refractivity contribution in [3.63, 3.8) is 0 Å². The maximum Gasteiger partial charge on any atom is 0.265 e. The van der Waals surface area contributed by atoms with Crippen molar-refractivity contribution < 1.29 is 13.6 Å². The van der Waals surface area contributed by atoms with Crippen LogP contribution in [-0.4, -0.2) is 10.2 Å². The Hall–Kier alpha value is -0.0700. The normalized spacial score (nSPS) is 10.7. The topological polar surface area (TPSA) is 30.0 Å². The molecule has 1 heterocycles. The second-order valence-electron chi connectivity index (χ2n) is 2.26. The predicted molar refractivity (Wildman–Crippen MR) is 54.8 cm³/mol. The minimum absolute atomic E-state index is 0.0102. The van der Waals surface area contributed by atoms with Gasteiger partial charge in [-0.25, -0.2) is 13.8 Å². The van der Waals surface area contributed by atoms with Gasteiger partial charge >= 0.3 is 0 Å². The van der Waals surface area contributed by atoms with Gasteiger partial charge in [0, 0.05) is 16.2 Å². The molecule has 76 valence electrons. The first kappa shape index (κ1) is 12.0. The third-order valence-corrected chi connectivity index (χ3v) is 2.86. The van der Waals surface area contributed by atoms with Gasteiger partial charge in [0.25, 0.3) is 11.7 Å². The van der Waals surface area contributed by atoms with Crippen LogP contribution in [-0.2, 0) is 0 Å². The molecule has 2 nitrogen and oxygen atoms in total. The number of halogens is 5. The van der Waals surface area contributed by atoms with Crippen LogP contribution >= 0.6 is 43.5 Å². The lowest BCUT2D eigenvalue weighted by Gasteiger charge is -2.08. The van der Waals surface area contributed by atoms with Gasteiger partial charge in [0.15, 0.2) is 0 Å². The highest BCUT2D eigenvalue weighted by atomic mass is 79.9. The van der Waals surface area contributed by atoms with E-state index in [2.05, 4.69) is 36.8 Å². The molecule has 0 aliphatic heterocycles. The standard InChI is InChI=1S/C7H2Br2ClF2NO/c8-2-1-13-5(9)4(6(10)14)3(2)7(11)12/h1,7H. The van der Waals surface area contributed by atoms with E-state index in [1.165, 1.54) is 6.20 Å². The fraction of sp³-hybridized carbons (Fsp3) is 0.143. The summed E-state index contributed by atoms with van der Waals surface area (Å²) in [7, 11) is 0. The van der Waals surface area contributed by atoms with Crippen LogP contribution in [0.4, 0.5) is 8.78 Å². The van der Waals surface area contributed by atoms with Crippen molar-refractivity contribution in [1.29, 1.82) is 0 Å². The predicted octanol–water partition coefficient (Wildman–Crippen LogP) is 3.92. The minimum atomic E-state index is -2.79. The number of nitrogens with zero attached hydrogens (tertiary/aromatic N) is 1. The van der Waals surface area contributed by atoms with E-state index >= 15 is 0 Å². The van der Waals surface area contributed by atoms with E-state index in [4.69, 9.17) is 11.6 Å². The third kappa shape index (κ3) is 2.29. The molecule has 0 radical (unpaired) electrons. The van der Waals surface area contributed by atoms with Crippen molar-refractivity contribution in [2.45, 2.75) is 6.43 Å². The average molecular weight is 349 g/mol. The molecular formula is C7H2Br2ClF2NO. The zero-order valence-corrected chi connectivity index (χ0v) is 10.3. The first-order valence-corrected chi connectivity index (χ1v) is 5.23. The van der Waals surface area contributed by atoms with Crippen LogP contribution in [0.15, 0.2) is 15.3 Å². The van der Waals surface area contributed by atoms with E-state index in [0.29, 0.717) is 0 Å². The van der Waals surface area contributed by atoms with Crippen LogP contribution in [0.1, 0.15) is 22.3 Å². The Morgan fingerprint density at radius 1 is 1.50 bits per heavy atom. The van der Waals surface area contributed by atoms with Crippen molar-refractivity contribution in [1.82, 2.24) is 4.98 Å². The summed E-state index contributed by atoms with van der Waals surface area (Å²) in [5.74, 6) is 0. The smallest absolute Gasteiger partial charge is 0.265 e. The highest BCUT2D eigenvalue weighted by molar-refractivity contribution is 9.11. The third-order valence-electron chi connectivity index (χ3n) is 1.44. The van der Waals surface area contributed by atoms with Crippen molar-refractivity contribution in [3.05, 3.63) is 26.4 Å². The molecule has 1 rings (SSSR count). The largest absolute Gasteiger partial charge is 0.275 e. The summed E-state index contributed by atoms with van der Waals surface area (Å²) in [4.78, 5) is 14.6. The van der Waals surface area contributed by atoms with Crippen LogP contribution in [0.3, 0.4) is 0 Å². The molecule has 0 fully saturated rings. The number of aromatic nitrogens is 1. The molecule has 0 bridgehead atoms. The van der Waals surface area contributed by atoms with Gasteiger partial charge in [-0.2, -0.15) is 0 Å². The highest BCUT2D eigenvalue weighted by Gasteiger charge is 2.23. The van der Waals surface area contributed by atoms with Crippen LogP contribution in [0.25, 0.3) is 0 Å². The van der Waals surface area contributed by atoms with E-state index in [0.717, 1.165) is 0 Å². The van der Waals surface area contributed by atoms with Crippen molar-refractivity contribution >= 4 is 48.7 Å². The highest BCUT2D eigenvalue weighted by Crippen LogP contribution is 2.34. The number of carbonyl (C=O) groups excluding carboxylic acids is 1. The molecule has 14 heavy (non-hydrogen) atoms. The van der Waals surface area contributed by atoms with Crippen molar-refractivity contribution in [3.8, 4) is 0 Å². The molecule has 0 saturated heterocycles. The average Bonchev–Trinajstić information content (AvgIpc) is 2.07. The summed E-state index contributed by atoms with van der Waals surface area (Å²) in [5.41, 5.74) is -0.761. The van der Waals surface area contributed by atoms with Gasteiger partial charge in [0.05, 0.1) is 5.56 Å². The first-order chi connectivity index (χ1) is 6.45. The van der Waals surface area contributed by atoms with Crippen LogP contribution in [0, 0.1) is 0 Å². The summed E-state index contributed by atoms with van der Waals surface area (Å²) in [6.07, 6.45) is -1.61. The molecule has 0 aliphatic carbocycles. The lowest BCUT2D eigenvalue weighted by atomic mass is 10.1. The molecule has 0 atom stereocenters. The maximum absolute atomic E-state index is 12.5. The van der Waals surface area contributed by atoms with Crippen LogP contribution in [0.2, 0.25) is 0 Å². The Morgan fingerprint density at radius 2 is 2.07 bits per heavy atom. The molecule has 0 unspecified atom stereocenters. The summed E-state index contributed by atoms with van der Waals surface area (Å²) >= 11 is 10.9. The lowest BCUT2D eigenvalue weighted by molar-refractivity contribution is 0.106. The SMILES string of the molecule is O=C(Cl)c1c(Br)ncc(Br)c1C(F)F. The Kier molecular flexibility index (Phi) is 3.97. The molecule has 0 aliphatic rings. The van der Waals surface area contributed by atoms with Crippen LogP contribution < -0.4 is 0 Å². The lowest BCUT2D eigenvalue weighted by Crippen LogP contribution is -2.02. The van der Waals surface area contributed by atoms with Crippen molar-refractivity contribution in [2.24, 2.45) is 0 Å². The van der Waals surface area contributed by atoms with E-state index < -0.39 is 17.2 Å². The Bertz CT molecular complexity index is 386. The number of hydrogen-bond donors (Lipinski definition) is 0. The number of carbonyl (C=O) groups is 1. The number of alkyl halides is 2. The van der Waals surface area contributed by atoms with Gasteiger partial charge in [-0.1, -0.05) is 0 Å². The van der Waals surface area contributed by atoms with E-state index in [1.807, 2.05) is 0 Å². The second kappa shape index (κ2) is 4.63. The van der Waals surface area contributed by atoms with Gasteiger partial charge in [-0.3, -0.25) is 4.79 Å². The Labute approximate surface area is 99.9 Å². The van der Waals surface area contributed by atoms with Crippen LogP contribution in [0.5, 0.6) is 0 Å². The zero-order valence-electron chi connectivity index (χ0n) is 6.40. The number of hydrogen-bond acceptors (Lipinski definition) is 2. The summed E-state index contributed by atoms with van der Waals surface area (Å²) < 4.78 is 25.1. The van der Waals surface area contributed by atoms with Gasteiger partial charge in [0.1, 0.15) is 4.60 Å². The fourth-order valence-corrected chi connectivity index (χ4v) is 2.15. The summed E-state index contributed by atoms with van der Waals surface area (Å²) in [6, 6.07) is 0. The molecule has 0 aromatic carbocycles. The van der Waals surface area contributed by atoms with Gasteiger partial charge in [-0.05, 0) is 43.5 Å². The van der Waals surface area contributed by atoms with Gasteiger partial charge in [0.2, 0.25) is 0 Å². The first-order valence-electron chi connectivity index (χ1n) is 3.27. The molecule has 0 spiro atoms. The van der Waals surface area contributed by atoms with E-state index in [1.54, 1.807) is 0 Å². The monoisotopic (exact) mass is 347 g/mol. The van der Waals surface area contributed by atoms with Gasteiger partial charge in [-0.15, -0.1) is 0 Å². The maximum atomic E-state index is 12.5. The molecule has 1 aromatic rings. The molecule has 0 N–H and O–H groups in total. The summed E-state index contributed by atoms with van der Waals surface area (Å²) in [6.45, 7) is 0. The Morgan fingerprint density at radius 3 is 2.43 bits per heavy atom. The van der Waals surface area contributed by atoms with E-state index in [9.17, 15) is 13.6 Å². The second-order valence-corrected chi connectivity index (χ2v) is 4.21. The molecule has 1 aromatic heterocycles. The van der Waals surface area contributed by atoms with Crippen molar-refractivity contribution in [2.75, 3.05) is 0 Å². The Balaban J connectivity index is 3.50. The summed E-state index contributed by atoms with van der Waals surface area (Å²) in [5, 5.41) is -0.971. The minimum Gasteiger partial charge on any atom is -0.275 e. The number of pyridine rings is 1. The van der Waals surface area contributed by atoms with E-state index in [-0.39, 0.29) is 14.6 Å². The zero-order chi connectivity index (χ0) is 10.9. The van der Waals surface area contributed by atoms with Gasteiger partial charge < -0.3 is 0 Å². The molecule has 0 amide bonds. The molecule has 0 saturated carbocycles. The molecule has 7 heteroatoms. The fourth-order valence-electron chi connectivity index (χ4n) is 0.878.